The topological polar surface area (TPSA) is 63.2 Å². The minimum atomic E-state index is -0.383. The van der Waals surface area contributed by atoms with E-state index in [9.17, 15) is 9.18 Å². The smallest absolute Gasteiger partial charge is 0.255 e. The number of amides is 1. The molecule has 0 saturated heterocycles. The molecule has 0 atom stereocenters. The highest BCUT2D eigenvalue weighted by atomic mass is 19.1. The second-order valence-electron chi connectivity index (χ2n) is 5.45. The lowest BCUT2D eigenvalue weighted by Crippen LogP contribution is -2.12. The minimum absolute atomic E-state index is 0.325. The van der Waals surface area contributed by atoms with Gasteiger partial charge in [-0.05, 0) is 55.5 Å². The van der Waals surface area contributed by atoms with E-state index in [-0.39, 0.29) is 11.7 Å². The van der Waals surface area contributed by atoms with Gasteiger partial charge in [0, 0.05) is 5.56 Å². The predicted octanol–water partition coefficient (Wildman–Crippen LogP) is 4.62. The Kier molecular flexibility index (Phi) is 5.43. The summed E-state index contributed by atoms with van der Waals surface area (Å²) in [5.41, 5.74) is 1.73. The van der Waals surface area contributed by atoms with Crippen molar-refractivity contribution in [3.05, 3.63) is 78.2 Å². The van der Waals surface area contributed by atoms with Crippen LogP contribution >= 0.6 is 0 Å². The highest BCUT2D eigenvalue weighted by Crippen LogP contribution is 2.26. The highest BCUT2D eigenvalue weighted by Gasteiger charge is 2.07. The van der Waals surface area contributed by atoms with Crippen molar-refractivity contribution in [1.29, 1.82) is 0 Å². The Hall–Kier alpha value is -3.41. The van der Waals surface area contributed by atoms with Gasteiger partial charge in [0.25, 0.3) is 5.91 Å². The fraction of sp³-hybridized carbons (Fsp3) is 0.100. The maximum atomic E-state index is 12.9. The molecule has 3 aromatic rings. The van der Waals surface area contributed by atoms with Crippen LogP contribution < -0.4 is 15.4 Å². The summed E-state index contributed by atoms with van der Waals surface area (Å²) in [4.78, 5) is 16.4. The standard InChI is InChI=1S/C20H18FN3O2/c1-2-26-18-6-4-3-5-17(18)24-19-12-11-16(13-22-19)23-20(25)14-7-9-15(21)10-8-14/h3-13H,2H2,1H3,(H,22,24)(H,23,25). The van der Waals surface area contributed by atoms with E-state index >= 15 is 0 Å². The molecule has 2 aromatic carbocycles. The molecule has 26 heavy (non-hydrogen) atoms. The number of nitrogens with one attached hydrogen (secondary N) is 2. The van der Waals surface area contributed by atoms with Crippen LogP contribution in [0.15, 0.2) is 66.9 Å². The Balaban J connectivity index is 1.67. The van der Waals surface area contributed by atoms with Crippen LogP contribution in [0.3, 0.4) is 0 Å². The first-order valence-electron chi connectivity index (χ1n) is 8.17. The lowest BCUT2D eigenvalue weighted by atomic mass is 10.2. The van der Waals surface area contributed by atoms with E-state index < -0.39 is 0 Å². The third-order valence-electron chi connectivity index (χ3n) is 3.58. The molecule has 1 amide bonds. The number of carbonyl (C=O) groups excluding carboxylic acids is 1. The molecule has 5 nitrogen and oxygen atoms in total. The number of benzene rings is 2. The van der Waals surface area contributed by atoms with E-state index in [2.05, 4.69) is 15.6 Å². The van der Waals surface area contributed by atoms with Crippen molar-refractivity contribution >= 4 is 23.1 Å². The van der Waals surface area contributed by atoms with Gasteiger partial charge in [-0.1, -0.05) is 12.1 Å². The van der Waals surface area contributed by atoms with Crippen LogP contribution in [0.4, 0.5) is 21.6 Å². The Bertz CT molecular complexity index is 880. The number of hydrogen-bond donors (Lipinski definition) is 2. The van der Waals surface area contributed by atoms with Crippen LogP contribution in [-0.4, -0.2) is 17.5 Å². The van der Waals surface area contributed by atoms with Crippen molar-refractivity contribution in [1.82, 2.24) is 4.98 Å². The number of hydrogen-bond acceptors (Lipinski definition) is 4. The SMILES string of the molecule is CCOc1ccccc1Nc1ccc(NC(=O)c2ccc(F)cc2)cn1. The van der Waals surface area contributed by atoms with Gasteiger partial charge in [0.15, 0.2) is 0 Å². The monoisotopic (exact) mass is 351 g/mol. The molecule has 0 aliphatic heterocycles. The van der Waals surface area contributed by atoms with Crippen LogP contribution in [0.5, 0.6) is 5.75 Å². The summed E-state index contributed by atoms with van der Waals surface area (Å²) >= 11 is 0. The molecule has 2 N–H and O–H groups in total. The molecule has 0 spiro atoms. The molecule has 0 fully saturated rings. The fourth-order valence-electron chi connectivity index (χ4n) is 2.34. The third-order valence-corrected chi connectivity index (χ3v) is 3.58. The largest absolute Gasteiger partial charge is 0.492 e. The van der Waals surface area contributed by atoms with E-state index in [1.165, 1.54) is 24.3 Å². The van der Waals surface area contributed by atoms with Gasteiger partial charge in [-0.25, -0.2) is 9.37 Å². The molecule has 0 saturated carbocycles. The summed E-state index contributed by atoms with van der Waals surface area (Å²) in [7, 11) is 0. The zero-order valence-corrected chi connectivity index (χ0v) is 14.2. The van der Waals surface area contributed by atoms with E-state index in [4.69, 9.17) is 4.74 Å². The van der Waals surface area contributed by atoms with Gasteiger partial charge in [-0.2, -0.15) is 0 Å². The van der Waals surface area contributed by atoms with Crippen LogP contribution in [0.1, 0.15) is 17.3 Å². The Morgan fingerprint density at radius 2 is 1.85 bits per heavy atom. The minimum Gasteiger partial charge on any atom is -0.492 e. The third kappa shape index (κ3) is 4.36. The van der Waals surface area contributed by atoms with E-state index in [0.29, 0.717) is 23.7 Å². The molecule has 6 heteroatoms. The second-order valence-corrected chi connectivity index (χ2v) is 5.45. The summed E-state index contributed by atoms with van der Waals surface area (Å²) in [6.45, 7) is 2.49. The molecule has 132 valence electrons. The van der Waals surface area contributed by atoms with E-state index in [1.54, 1.807) is 18.3 Å². The number of rotatable bonds is 6. The molecular weight excluding hydrogens is 333 g/mol. The predicted molar refractivity (Wildman–Crippen MR) is 99.5 cm³/mol. The van der Waals surface area contributed by atoms with Crippen molar-refractivity contribution in [2.24, 2.45) is 0 Å². The molecule has 0 aliphatic rings. The Labute approximate surface area is 150 Å². The van der Waals surface area contributed by atoms with Gasteiger partial charge in [-0.3, -0.25) is 4.79 Å². The average Bonchev–Trinajstić information content (AvgIpc) is 2.65. The first-order chi connectivity index (χ1) is 12.7. The summed E-state index contributed by atoms with van der Waals surface area (Å²) < 4.78 is 18.5. The van der Waals surface area contributed by atoms with Gasteiger partial charge in [0.2, 0.25) is 0 Å². The Morgan fingerprint density at radius 3 is 2.54 bits per heavy atom. The number of aromatic nitrogens is 1. The average molecular weight is 351 g/mol. The fourth-order valence-corrected chi connectivity index (χ4v) is 2.34. The quantitative estimate of drug-likeness (QED) is 0.680. The molecule has 0 bridgehead atoms. The van der Waals surface area contributed by atoms with Gasteiger partial charge in [-0.15, -0.1) is 0 Å². The number of pyridine rings is 1. The zero-order chi connectivity index (χ0) is 18.4. The van der Waals surface area contributed by atoms with E-state index in [0.717, 1.165) is 11.4 Å². The second kappa shape index (κ2) is 8.11. The number of ether oxygens (including phenoxy) is 1. The maximum absolute atomic E-state index is 12.9. The highest BCUT2D eigenvalue weighted by molar-refractivity contribution is 6.04. The lowest BCUT2D eigenvalue weighted by molar-refractivity contribution is 0.102. The number of anilines is 3. The molecular formula is C20H18FN3O2. The maximum Gasteiger partial charge on any atom is 0.255 e. The molecule has 0 radical (unpaired) electrons. The molecule has 0 aliphatic carbocycles. The summed E-state index contributed by atoms with van der Waals surface area (Å²) in [6.07, 6.45) is 1.55. The van der Waals surface area contributed by atoms with Crippen LogP contribution in [0.2, 0.25) is 0 Å². The van der Waals surface area contributed by atoms with Crippen LogP contribution in [0.25, 0.3) is 0 Å². The number of para-hydroxylation sites is 2. The van der Waals surface area contributed by atoms with Crippen molar-refractivity contribution in [3.8, 4) is 5.75 Å². The molecule has 1 heterocycles. The summed E-state index contributed by atoms with van der Waals surface area (Å²) in [6, 6.07) is 16.4. The lowest BCUT2D eigenvalue weighted by Gasteiger charge is -2.12. The summed E-state index contributed by atoms with van der Waals surface area (Å²) in [5.74, 6) is 0.655. The van der Waals surface area contributed by atoms with E-state index in [1.807, 2.05) is 31.2 Å². The zero-order valence-electron chi connectivity index (χ0n) is 14.2. The molecule has 0 unspecified atom stereocenters. The first kappa shape index (κ1) is 17.4. The van der Waals surface area contributed by atoms with Gasteiger partial charge in [0.1, 0.15) is 17.4 Å². The molecule has 3 rings (SSSR count). The van der Waals surface area contributed by atoms with Gasteiger partial charge < -0.3 is 15.4 Å². The van der Waals surface area contributed by atoms with Crippen molar-refractivity contribution in [3.63, 3.8) is 0 Å². The Morgan fingerprint density at radius 1 is 1.08 bits per heavy atom. The first-order valence-corrected chi connectivity index (χ1v) is 8.17. The number of nitrogens with zero attached hydrogens (tertiary/aromatic N) is 1. The number of carbonyl (C=O) groups is 1. The summed E-state index contributed by atoms with van der Waals surface area (Å²) in [5, 5.41) is 5.91. The van der Waals surface area contributed by atoms with Crippen molar-refractivity contribution < 1.29 is 13.9 Å². The normalized spacial score (nSPS) is 10.2. The van der Waals surface area contributed by atoms with Crippen molar-refractivity contribution in [2.45, 2.75) is 6.92 Å². The van der Waals surface area contributed by atoms with Gasteiger partial charge in [0.05, 0.1) is 24.2 Å². The number of halogens is 1. The van der Waals surface area contributed by atoms with Crippen LogP contribution in [-0.2, 0) is 0 Å². The van der Waals surface area contributed by atoms with Gasteiger partial charge >= 0.3 is 0 Å². The molecule has 1 aromatic heterocycles. The van der Waals surface area contributed by atoms with Crippen LogP contribution in [0, 0.1) is 5.82 Å². The van der Waals surface area contributed by atoms with Crippen molar-refractivity contribution in [2.75, 3.05) is 17.2 Å².